The van der Waals surface area contributed by atoms with E-state index in [-0.39, 0.29) is 124 Å². The first-order valence-electron chi connectivity index (χ1n) is 27.9. The Morgan fingerprint density at radius 1 is 0.214 bits per heavy atom. The van der Waals surface area contributed by atoms with Gasteiger partial charge in [0.1, 0.15) is 0 Å². The molecule has 2 aromatic heterocycles. The highest BCUT2D eigenvalue weighted by Crippen LogP contribution is 2.48. The molecule has 0 N–H and O–H groups in total. The third-order valence-corrected chi connectivity index (χ3v) is 16.3. The van der Waals surface area contributed by atoms with Crippen molar-refractivity contribution < 1.29 is 105 Å². The van der Waals surface area contributed by atoms with E-state index in [1.807, 2.05) is 12.1 Å². The average molecular weight is 1380 g/mol. The molecule has 0 aliphatic carbocycles. The van der Waals surface area contributed by atoms with E-state index in [1.54, 1.807) is 0 Å². The van der Waals surface area contributed by atoms with Crippen LogP contribution in [0.15, 0.2) is 182 Å². The van der Waals surface area contributed by atoms with E-state index in [0.717, 1.165) is 48.5 Å². The topological polar surface area (TPSA) is 57.4 Å². The first-order chi connectivity index (χ1) is 45.5. The van der Waals surface area contributed by atoms with Crippen LogP contribution in [0.3, 0.4) is 0 Å². The maximum Gasteiger partial charge on any atom is 0.416 e. The van der Waals surface area contributed by atoms with Crippen molar-refractivity contribution >= 4 is 43.6 Å². The number of rotatable bonds is 7. The van der Waals surface area contributed by atoms with Crippen LogP contribution in [0.25, 0.3) is 111 Å². The molecule has 12 aromatic rings. The van der Waals surface area contributed by atoms with Gasteiger partial charge in [-0.1, -0.05) is 24.3 Å². The van der Waals surface area contributed by atoms with Gasteiger partial charge in [-0.3, -0.25) is 0 Å². The molecule has 0 bridgehead atoms. The van der Waals surface area contributed by atoms with Crippen molar-refractivity contribution in [2.24, 2.45) is 0 Å². The fourth-order valence-electron chi connectivity index (χ4n) is 11.8. The summed E-state index contributed by atoms with van der Waals surface area (Å²) >= 11 is 0. The minimum Gasteiger partial charge on any atom is -0.309 e. The van der Waals surface area contributed by atoms with Gasteiger partial charge < -0.3 is 9.13 Å². The van der Waals surface area contributed by atoms with Gasteiger partial charge in [0.2, 0.25) is 0 Å². The number of hydrogen-bond acceptors (Lipinski definition) is 2. The molecule has 498 valence electrons. The molecular formula is C70H30F24N4. The number of nitriles is 2. The number of benzene rings is 10. The molecule has 28 heteroatoms. The lowest BCUT2D eigenvalue weighted by Crippen LogP contribution is -2.11. The smallest absolute Gasteiger partial charge is 0.309 e. The highest BCUT2D eigenvalue weighted by atomic mass is 19.4. The van der Waals surface area contributed by atoms with Gasteiger partial charge in [-0.15, -0.1) is 0 Å². The predicted octanol–water partition coefficient (Wildman–Crippen LogP) is 24.1. The van der Waals surface area contributed by atoms with Gasteiger partial charge in [-0.25, -0.2) is 0 Å². The number of halogens is 24. The van der Waals surface area contributed by atoms with Gasteiger partial charge in [0.15, 0.2) is 0 Å². The minimum absolute atomic E-state index is 0.0223. The minimum atomic E-state index is -5.33. The van der Waals surface area contributed by atoms with Gasteiger partial charge in [-0.05, 0) is 202 Å². The zero-order valence-electron chi connectivity index (χ0n) is 48.2. The summed E-state index contributed by atoms with van der Waals surface area (Å²) in [5.74, 6) is 0. The SMILES string of the molecule is N#Cc1ccc(-n2c3ccc(-c4cc(C(F)(F)F)cc(C(F)(F)F)c4)cc3c3cc(-c4cc(C(F)(F)F)cc(C(F)(F)F)c4)ccc32)cc1-c1cc(-n2c3ccc(-c4cc(C(F)(F)F)cc(C(F)(F)F)c4)cc3c3cc(-c4cc(C(F)(F)F)cc(C(F)(F)F)c4)ccc32)ccc1C#N. The molecule has 0 unspecified atom stereocenters. The molecule has 12 rings (SSSR count). The Bertz CT molecular complexity index is 4630. The van der Waals surface area contributed by atoms with Crippen LogP contribution in [0, 0.1) is 22.7 Å². The number of alkyl halides is 24. The lowest BCUT2D eigenvalue weighted by atomic mass is 9.95. The van der Waals surface area contributed by atoms with Crippen LogP contribution in [0.5, 0.6) is 0 Å². The molecule has 0 fully saturated rings. The Morgan fingerprint density at radius 3 is 0.582 bits per heavy atom. The van der Waals surface area contributed by atoms with Crippen molar-refractivity contribution in [1.29, 1.82) is 10.5 Å². The number of hydrogen-bond donors (Lipinski definition) is 0. The summed E-state index contributed by atoms with van der Waals surface area (Å²) in [4.78, 5) is 0. The summed E-state index contributed by atoms with van der Waals surface area (Å²) in [6, 6.07) is 28.4. The Labute approximate surface area is 533 Å². The third kappa shape index (κ3) is 12.5. The van der Waals surface area contributed by atoms with Crippen molar-refractivity contribution in [2.75, 3.05) is 0 Å². The molecule has 0 aliphatic heterocycles. The van der Waals surface area contributed by atoms with E-state index in [9.17, 15) is 116 Å². The molecule has 0 amide bonds. The van der Waals surface area contributed by atoms with Crippen LogP contribution in [-0.4, -0.2) is 9.13 Å². The molecule has 0 aliphatic rings. The van der Waals surface area contributed by atoms with Gasteiger partial charge in [0, 0.05) is 44.0 Å². The van der Waals surface area contributed by atoms with E-state index < -0.39 is 116 Å². The summed E-state index contributed by atoms with van der Waals surface area (Å²) < 4.78 is 344. The molecule has 4 nitrogen and oxygen atoms in total. The first kappa shape index (κ1) is 67.1. The van der Waals surface area contributed by atoms with Crippen LogP contribution >= 0.6 is 0 Å². The quantitative estimate of drug-likeness (QED) is 0.149. The van der Waals surface area contributed by atoms with Crippen molar-refractivity contribution in [3.8, 4) is 79.1 Å². The maximum atomic E-state index is 14.2. The second-order valence-electron chi connectivity index (χ2n) is 22.5. The second-order valence-corrected chi connectivity index (χ2v) is 22.5. The van der Waals surface area contributed by atoms with E-state index in [2.05, 4.69) is 0 Å². The largest absolute Gasteiger partial charge is 0.416 e. The molecule has 0 saturated heterocycles. The van der Waals surface area contributed by atoms with Crippen molar-refractivity contribution in [1.82, 2.24) is 9.13 Å². The zero-order chi connectivity index (χ0) is 71.1. The van der Waals surface area contributed by atoms with Crippen LogP contribution in [0.2, 0.25) is 0 Å². The first-order valence-corrected chi connectivity index (χ1v) is 27.9. The van der Waals surface area contributed by atoms with Gasteiger partial charge in [0.05, 0.1) is 89.8 Å². The summed E-state index contributed by atoms with van der Waals surface area (Å²) in [7, 11) is 0. The number of fused-ring (bicyclic) bond motifs is 6. The summed E-state index contributed by atoms with van der Waals surface area (Å²) in [5.41, 5.74) is -18.0. The fourth-order valence-corrected chi connectivity index (χ4v) is 11.8. The Hall–Kier alpha value is -10.9. The average Bonchev–Trinajstić information content (AvgIpc) is 1.58. The fraction of sp³-hybridized carbons (Fsp3) is 0.114. The second kappa shape index (κ2) is 22.9. The van der Waals surface area contributed by atoms with Crippen molar-refractivity contribution in [2.45, 2.75) is 49.4 Å². The molecular weight excluding hydrogens is 1350 g/mol. The van der Waals surface area contributed by atoms with Crippen LogP contribution in [-0.2, 0) is 49.4 Å². The predicted molar refractivity (Wildman–Crippen MR) is 312 cm³/mol. The van der Waals surface area contributed by atoms with E-state index in [4.69, 9.17) is 0 Å². The van der Waals surface area contributed by atoms with Crippen molar-refractivity contribution in [3.63, 3.8) is 0 Å². The van der Waals surface area contributed by atoms with E-state index in [1.165, 1.54) is 69.8 Å². The summed E-state index contributed by atoms with van der Waals surface area (Å²) in [5, 5.41) is 21.1. The maximum absolute atomic E-state index is 14.2. The molecule has 0 spiro atoms. The molecule has 10 aromatic carbocycles. The van der Waals surface area contributed by atoms with Crippen molar-refractivity contribution in [3.05, 3.63) is 238 Å². The zero-order valence-corrected chi connectivity index (χ0v) is 48.2. The molecule has 0 radical (unpaired) electrons. The highest BCUT2D eigenvalue weighted by molar-refractivity contribution is 6.13. The highest BCUT2D eigenvalue weighted by Gasteiger charge is 2.42. The van der Waals surface area contributed by atoms with E-state index >= 15 is 0 Å². The molecule has 2 heterocycles. The van der Waals surface area contributed by atoms with Gasteiger partial charge in [0.25, 0.3) is 0 Å². The number of aromatic nitrogens is 2. The van der Waals surface area contributed by atoms with Gasteiger partial charge in [-0.2, -0.15) is 116 Å². The Balaban J connectivity index is 1.09. The normalized spacial score (nSPS) is 13.1. The van der Waals surface area contributed by atoms with Crippen LogP contribution in [0.1, 0.15) is 55.6 Å². The number of nitrogens with zero attached hydrogens (tertiary/aromatic N) is 4. The standard InChI is InChI=1S/C70H30F24N4/c71-63(72,73)43-13-39(14-44(25-43)64(74,75)76)33-3-9-59-55(21-33)56-22-34(40-15-45(65(77,78)79)26-46(16-40)66(80,81)82)4-10-60(56)97(59)51-7-1-37(31-95)53(29-51)54-30-52(8-2-38(54)32-96)98-61-11-5-35(41-17-47(67(83,84)85)27-48(18-41)68(86,87)88)23-57(61)58-24-36(6-12-62(58)98)42-19-49(69(89,90)91)28-50(20-42)70(92,93)94/h1-30H. The Kier molecular flexibility index (Phi) is 15.7. The lowest BCUT2D eigenvalue weighted by Gasteiger charge is -2.16. The lowest BCUT2D eigenvalue weighted by molar-refractivity contribution is -0.144. The molecule has 0 saturated carbocycles. The summed E-state index contributed by atoms with van der Waals surface area (Å²) in [6.45, 7) is 0. The molecule has 98 heavy (non-hydrogen) atoms. The van der Waals surface area contributed by atoms with Crippen LogP contribution < -0.4 is 0 Å². The molecule has 0 atom stereocenters. The van der Waals surface area contributed by atoms with Crippen LogP contribution in [0.4, 0.5) is 105 Å². The monoisotopic (exact) mass is 1380 g/mol. The Morgan fingerprint density at radius 2 is 0.408 bits per heavy atom. The summed E-state index contributed by atoms with van der Waals surface area (Å²) in [6.07, 6.45) is -42.6. The van der Waals surface area contributed by atoms with Gasteiger partial charge >= 0.3 is 49.4 Å². The van der Waals surface area contributed by atoms with E-state index in [0.29, 0.717) is 48.5 Å². The third-order valence-electron chi connectivity index (χ3n) is 16.3.